The van der Waals surface area contributed by atoms with Gasteiger partial charge in [-0.3, -0.25) is 4.90 Å². The van der Waals surface area contributed by atoms with E-state index in [1.54, 1.807) is 4.90 Å². The van der Waals surface area contributed by atoms with E-state index in [-0.39, 0.29) is 29.3 Å². The smallest absolute Gasteiger partial charge is 0.191 e. The molecule has 0 amide bonds. The number of aliphatic hydroxyl groups is 1. The van der Waals surface area contributed by atoms with E-state index in [4.69, 9.17) is 10.5 Å². The summed E-state index contributed by atoms with van der Waals surface area (Å²) in [5, 5.41) is 10.7. The minimum absolute atomic E-state index is 0.0150. The average molecular weight is 399 g/mol. The molecule has 0 radical (unpaired) electrons. The van der Waals surface area contributed by atoms with Crippen molar-refractivity contribution in [2.45, 2.75) is 43.2 Å². The van der Waals surface area contributed by atoms with Crippen LogP contribution in [0.15, 0.2) is 41.1 Å². The quantitative estimate of drug-likeness (QED) is 0.731. The van der Waals surface area contributed by atoms with Crippen LogP contribution in [0.1, 0.15) is 32.1 Å². The number of hydrogen-bond donors (Lipinski definition) is 2. The first-order valence-corrected chi connectivity index (χ1v) is 10.9. The summed E-state index contributed by atoms with van der Waals surface area (Å²) in [7, 11) is -3.56. The van der Waals surface area contributed by atoms with Crippen molar-refractivity contribution >= 4 is 9.84 Å². The topological polar surface area (TPSA) is 92.9 Å². The second-order valence-corrected chi connectivity index (χ2v) is 9.44. The van der Waals surface area contributed by atoms with E-state index in [0.717, 1.165) is 32.1 Å². The zero-order chi connectivity index (χ0) is 19.5. The lowest BCUT2D eigenvalue weighted by Crippen LogP contribution is -2.40. The van der Waals surface area contributed by atoms with Crippen molar-refractivity contribution in [2.24, 2.45) is 11.1 Å². The van der Waals surface area contributed by atoms with Crippen molar-refractivity contribution in [3.05, 3.63) is 36.2 Å². The van der Waals surface area contributed by atoms with Crippen LogP contribution in [-0.2, 0) is 9.84 Å². The lowest BCUT2D eigenvalue weighted by molar-refractivity contribution is -0.0299. The number of aliphatic hydroxyl groups excluding tert-OH is 1. The Morgan fingerprint density at radius 2 is 1.96 bits per heavy atom. The number of halogens is 1. The molecular weight excluding hydrogens is 371 g/mol. The van der Waals surface area contributed by atoms with Gasteiger partial charge in [0.25, 0.3) is 0 Å². The van der Waals surface area contributed by atoms with Gasteiger partial charge < -0.3 is 15.6 Å². The van der Waals surface area contributed by atoms with Gasteiger partial charge in [0.05, 0.1) is 11.2 Å². The van der Waals surface area contributed by atoms with Crippen LogP contribution in [0, 0.1) is 5.41 Å². The molecule has 27 heavy (non-hydrogen) atoms. The molecule has 2 aliphatic rings. The third-order valence-corrected chi connectivity index (χ3v) is 7.41. The molecule has 1 unspecified atom stereocenters. The van der Waals surface area contributed by atoms with Gasteiger partial charge in [-0.2, -0.15) is 0 Å². The van der Waals surface area contributed by atoms with Gasteiger partial charge >= 0.3 is 0 Å². The van der Waals surface area contributed by atoms with Gasteiger partial charge in [-0.15, -0.1) is 0 Å². The van der Waals surface area contributed by atoms with Crippen LogP contribution in [0.2, 0.25) is 0 Å². The molecule has 0 bridgehead atoms. The summed E-state index contributed by atoms with van der Waals surface area (Å²) >= 11 is 0. The molecule has 1 aromatic carbocycles. The molecule has 1 spiro atoms. The van der Waals surface area contributed by atoms with Crippen molar-refractivity contribution in [3.8, 4) is 5.75 Å². The number of sulfone groups is 1. The fraction of sp³-hybridized carbons (Fsp3) is 0.579. The second-order valence-electron chi connectivity index (χ2n) is 7.48. The van der Waals surface area contributed by atoms with Gasteiger partial charge in [-0.25, -0.2) is 12.8 Å². The molecular formula is C19H27FN2O4S. The number of nitrogens with zero attached hydrogens (tertiary/aromatic N) is 1. The van der Waals surface area contributed by atoms with Crippen LogP contribution in [0.4, 0.5) is 4.39 Å². The minimum atomic E-state index is -3.56. The standard InChI is InChI=1S/C19H27FN2O4S/c20-11-15(12-21)13-26-16-3-5-17(6-4-16)27(24,25)14-22-10-9-19(18(22)23)7-1-2-8-19/h3-6,11,18,23H,1-2,7-10,12-14,21H2/b15-11+. The predicted octanol–water partition coefficient (Wildman–Crippen LogP) is 2.19. The van der Waals surface area contributed by atoms with Gasteiger partial charge in [0.2, 0.25) is 0 Å². The minimum Gasteiger partial charge on any atom is -0.489 e. The highest BCUT2D eigenvalue weighted by Crippen LogP contribution is 2.48. The van der Waals surface area contributed by atoms with E-state index in [1.165, 1.54) is 24.3 Å². The Kier molecular flexibility index (Phi) is 6.20. The fourth-order valence-electron chi connectivity index (χ4n) is 4.07. The first-order chi connectivity index (χ1) is 12.9. The summed E-state index contributed by atoms with van der Waals surface area (Å²) in [5.74, 6) is 0.241. The Labute approximate surface area is 159 Å². The highest BCUT2D eigenvalue weighted by Gasteiger charge is 2.48. The van der Waals surface area contributed by atoms with Crippen LogP contribution in [0.25, 0.3) is 0 Å². The molecule has 1 aromatic rings. The Hall–Kier alpha value is -1.48. The van der Waals surface area contributed by atoms with Gasteiger partial charge in [0, 0.05) is 24.1 Å². The molecule has 3 N–H and O–H groups in total. The van der Waals surface area contributed by atoms with Crippen LogP contribution in [0.3, 0.4) is 0 Å². The highest BCUT2D eigenvalue weighted by molar-refractivity contribution is 7.91. The van der Waals surface area contributed by atoms with Crippen molar-refractivity contribution in [3.63, 3.8) is 0 Å². The summed E-state index contributed by atoms with van der Waals surface area (Å²) in [6, 6.07) is 6.02. The van der Waals surface area contributed by atoms with Gasteiger partial charge in [0.15, 0.2) is 9.84 Å². The van der Waals surface area contributed by atoms with E-state index in [0.29, 0.717) is 24.2 Å². The molecule has 1 aliphatic carbocycles. The monoisotopic (exact) mass is 398 g/mol. The van der Waals surface area contributed by atoms with E-state index < -0.39 is 16.1 Å². The SMILES string of the molecule is NC/C(=C\F)COc1ccc(S(=O)(=O)CN2CCC3(CCCC3)C2O)cc1. The third-order valence-electron chi connectivity index (χ3n) is 5.75. The molecule has 1 saturated heterocycles. The van der Waals surface area contributed by atoms with E-state index in [2.05, 4.69) is 0 Å². The summed E-state index contributed by atoms with van der Waals surface area (Å²) in [6.07, 6.45) is 4.70. The van der Waals surface area contributed by atoms with Gasteiger partial charge in [-0.05, 0) is 43.5 Å². The zero-order valence-corrected chi connectivity index (χ0v) is 16.1. The zero-order valence-electron chi connectivity index (χ0n) is 15.3. The maximum Gasteiger partial charge on any atom is 0.191 e. The normalized spacial score (nSPS) is 23.2. The first kappa shape index (κ1) is 20.3. The van der Waals surface area contributed by atoms with Crippen LogP contribution < -0.4 is 10.5 Å². The van der Waals surface area contributed by atoms with Crippen LogP contribution in [0.5, 0.6) is 5.75 Å². The molecule has 2 fully saturated rings. The first-order valence-electron chi connectivity index (χ1n) is 9.26. The van der Waals surface area contributed by atoms with E-state index in [1.807, 2.05) is 0 Å². The molecule has 1 heterocycles. The Balaban J connectivity index is 1.63. The maximum atomic E-state index is 12.7. The molecule has 1 saturated carbocycles. The van der Waals surface area contributed by atoms with Crippen molar-refractivity contribution in [2.75, 3.05) is 25.6 Å². The fourth-order valence-corrected chi connectivity index (χ4v) is 5.48. The molecule has 8 heteroatoms. The van der Waals surface area contributed by atoms with Crippen LogP contribution >= 0.6 is 0 Å². The summed E-state index contributed by atoms with van der Waals surface area (Å²) in [5.41, 5.74) is 5.56. The number of ether oxygens (including phenoxy) is 1. The number of rotatable bonds is 7. The Morgan fingerprint density at radius 3 is 2.56 bits per heavy atom. The van der Waals surface area contributed by atoms with Crippen molar-refractivity contribution < 1.29 is 22.7 Å². The Morgan fingerprint density at radius 1 is 1.30 bits per heavy atom. The van der Waals surface area contributed by atoms with E-state index >= 15 is 0 Å². The largest absolute Gasteiger partial charge is 0.489 e. The van der Waals surface area contributed by atoms with E-state index in [9.17, 15) is 17.9 Å². The Bertz CT molecular complexity index is 773. The summed E-state index contributed by atoms with van der Waals surface area (Å²) < 4.78 is 43.4. The van der Waals surface area contributed by atoms with Crippen molar-refractivity contribution in [1.29, 1.82) is 0 Å². The predicted molar refractivity (Wildman–Crippen MR) is 100 cm³/mol. The average Bonchev–Trinajstić information content (AvgIpc) is 3.26. The van der Waals surface area contributed by atoms with Crippen LogP contribution in [-0.4, -0.2) is 50.2 Å². The summed E-state index contributed by atoms with van der Waals surface area (Å²) in [4.78, 5) is 1.85. The third kappa shape index (κ3) is 4.34. The molecule has 6 nitrogen and oxygen atoms in total. The number of hydrogen-bond acceptors (Lipinski definition) is 6. The number of nitrogens with two attached hydrogens (primary N) is 1. The number of benzene rings is 1. The van der Waals surface area contributed by atoms with Gasteiger partial charge in [0.1, 0.15) is 24.5 Å². The maximum absolute atomic E-state index is 12.7. The molecule has 1 aliphatic heterocycles. The van der Waals surface area contributed by atoms with Crippen molar-refractivity contribution in [1.82, 2.24) is 4.90 Å². The lowest BCUT2D eigenvalue weighted by Gasteiger charge is -2.30. The number of likely N-dealkylation sites (tertiary alicyclic amines) is 1. The molecule has 1 atom stereocenters. The molecule has 3 rings (SSSR count). The molecule has 0 aromatic heterocycles. The highest BCUT2D eigenvalue weighted by atomic mass is 32.2. The summed E-state index contributed by atoms with van der Waals surface area (Å²) in [6.45, 7) is 0.669. The lowest BCUT2D eigenvalue weighted by atomic mass is 9.84. The second kappa shape index (κ2) is 8.26. The molecule has 150 valence electrons. The van der Waals surface area contributed by atoms with Gasteiger partial charge in [-0.1, -0.05) is 12.8 Å².